The molecule has 0 aliphatic heterocycles. The molecule has 0 spiro atoms. The molecule has 0 N–H and O–H groups in total. The van der Waals surface area contributed by atoms with Crippen molar-refractivity contribution in [3.8, 4) is 0 Å². The van der Waals surface area contributed by atoms with Crippen molar-refractivity contribution in [1.29, 1.82) is 0 Å². The van der Waals surface area contributed by atoms with Gasteiger partial charge in [-0.25, -0.2) is 0 Å². The van der Waals surface area contributed by atoms with Crippen LogP contribution in [0.3, 0.4) is 0 Å². The van der Waals surface area contributed by atoms with Crippen molar-refractivity contribution in [3.63, 3.8) is 0 Å². The van der Waals surface area contributed by atoms with E-state index in [1.807, 2.05) is 0 Å². The molecule has 1 aromatic rings. The van der Waals surface area contributed by atoms with Crippen molar-refractivity contribution in [2.45, 2.75) is 53.4 Å². The van der Waals surface area contributed by atoms with Crippen molar-refractivity contribution in [2.75, 3.05) is 0 Å². The molecule has 0 aliphatic rings. The molecule has 0 saturated heterocycles. The summed E-state index contributed by atoms with van der Waals surface area (Å²) in [5, 5.41) is 0. The lowest BCUT2D eigenvalue weighted by molar-refractivity contribution is 0.518. The smallest absolute Gasteiger partial charge is 0.0185 e. The summed E-state index contributed by atoms with van der Waals surface area (Å²) in [5.74, 6) is 2.21. The van der Waals surface area contributed by atoms with E-state index in [4.69, 9.17) is 0 Å². The highest BCUT2D eigenvalue weighted by molar-refractivity contribution is 5.30. The number of benzene rings is 1. The lowest BCUT2D eigenvalue weighted by Crippen LogP contribution is -2.05. The summed E-state index contributed by atoms with van der Waals surface area (Å²) in [6.07, 6.45) is 2.49. The van der Waals surface area contributed by atoms with Crippen LogP contribution in [0.15, 0.2) is 24.3 Å². The van der Waals surface area contributed by atoms with E-state index in [2.05, 4.69) is 58.9 Å². The fraction of sp³-hybridized carbons (Fsp3) is 0.625. The first kappa shape index (κ1) is 13.3. The zero-order chi connectivity index (χ0) is 12.1. The summed E-state index contributed by atoms with van der Waals surface area (Å²) in [5.41, 5.74) is 3.11. The van der Waals surface area contributed by atoms with E-state index in [0.717, 1.165) is 11.8 Å². The molecule has 0 saturated carbocycles. The van der Waals surface area contributed by atoms with Gasteiger partial charge in [0.2, 0.25) is 0 Å². The summed E-state index contributed by atoms with van der Waals surface area (Å²) < 4.78 is 0. The third kappa shape index (κ3) is 4.00. The van der Waals surface area contributed by atoms with Crippen molar-refractivity contribution in [3.05, 3.63) is 35.4 Å². The molecule has 0 fully saturated rings. The van der Waals surface area contributed by atoms with Crippen LogP contribution in [-0.2, 0) is 6.42 Å². The minimum absolute atomic E-state index is 0.690. The molecular formula is C16H26. The monoisotopic (exact) mass is 218 g/mol. The van der Waals surface area contributed by atoms with Gasteiger partial charge in [-0.1, -0.05) is 58.9 Å². The highest BCUT2D eigenvalue weighted by atomic mass is 14.2. The maximum Gasteiger partial charge on any atom is -0.0185 e. The van der Waals surface area contributed by atoms with E-state index in [1.165, 1.54) is 12.8 Å². The minimum Gasteiger partial charge on any atom is -0.0628 e. The van der Waals surface area contributed by atoms with Crippen molar-refractivity contribution in [1.82, 2.24) is 0 Å². The van der Waals surface area contributed by atoms with Crippen LogP contribution in [0.4, 0.5) is 0 Å². The second kappa shape index (κ2) is 6.08. The van der Waals surface area contributed by atoms with Gasteiger partial charge in [-0.3, -0.25) is 0 Å². The number of hydrogen-bond donors (Lipinski definition) is 0. The quantitative estimate of drug-likeness (QED) is 0.650. The average molecular weight is 218 g/mol. The third-order valence-electron chi connectivity index (χ3n) is 3.04. The van der Waals surface area contributed by atoms with Crippen molar-refractivity contribution < 1.29 is 0 Å². The fourth-order valence-electron chi connectivity index (χ4n) is 2.47. The largest absolute Gasteiger partial charge is 0.0628 e. The Kier molecular flexibility index (Phi) is 5.05. The molecule has 0 radical (unpaired) electrons. The molecular weight excluding hydrogens is 192 g/mol. The van der Waals surface area contributed by atoms with E-state index in [-0.39, 0.29) is 0 Å². The van der Waals surface area contributed by atoms with E-state index in [1.54, 1.807) is 11.1 Å². The molecule has 1 rings (SSSR count). The molecule has 0 bridgehead atoms. The first-order valence-corrected chi connectivity index (χ1v) is 6.58. The Labute approximate surface area is 101 Å². The van der Waals surface area contributed by atoms with Gasteiger partial charge in [0, 0.05) is 0 Å². The predicted octanol–water partition coefficient (Wildman–Crippen LogP) is 5.03. The molecule has 0 nitrogen and oxygen atoms in total. The predicted molar refractivity (Wildman–Crippen MR) is 72.9 cm³/mol. The molecule has 16 heavy (non-hydrogen) atoms. The topological polar surface area (TPSA) is 0 Å². The molecule has 0 heteroatoms. The van der Waals surface area contributed by atoms with E-state index in [9.17, 15) is 0 Å². The summed E-state index contributed by atoms with van der Waals surface area (Å²) >= 11 is 0. The molecule has 1 aromatic carbocycles. The molecule has 90 valence electrons. The first-order chi connectivity index (χ1) is 7.50. The Morgan fingerprint density at radius 2 is 1.50 bits per heavy atom. The van der Waals surface area contributed by atoms with Gasteiger partial charge < -0.3 is 0 Å². The highest BCUT2D eigenvalue weighted by Crippen LogP contribution is 2.27. The Bertz CT molecular complexity index is 310. The van der Waals surface area contributed by atoms with Gasteiger partial charge in [-0.05, 0) is 41.7 Å². The lowest BCUT2D eigenvalue weighted by Gasteiger charge is -2.19. The van der Waals surface area contributed by atoms with E-state index < -0.39 is 0 Å². The third-order valence-corrected chi connectivity index (χ3v) is 3.04. The van der Waals surface area contributed by atoms with Gasteiger partial charge in [-0.15, -0.1) is 0 Å². The summed E-state index contributed by atoms with van der Waals surface area (Å²) in [6, 6.07) is 8.95. The van der Waals surface area contributed by atoms with Crippen molar-refractivity contribution >= 4 is 0 Å². The second-order valence-corrected chi connectivity index (χ2v) is 5.83. The summed E-state index contributed by atoms with van der Waals surface area (Å²) in [4.78, 5) is 0. The first-order valence-electron chi connectivity index (χ1n) is 6.58. The molecule has 0 heterocycles. The maximum absolute atomic E-state index is 2.36. The Morgan fingerprint density at radius 1 is 0.875 bits per heavy atom. The highest BCUT2D eigenvalue weighted by Gasteiger charge is 2.12. The van der Waals surface area contributed by atoms with Crippen LogP contribution in [0.25, 0.3) is 0 Å². The zero-order valence-corrected chi connectivity index (χ0v) is 11.5. The van der Waals surface area contributed by atoms with E-state index >= 15 is 0 Å². The number of hydrogen-bond acceptors (Lipinski definition) is 0. The maximum atomic E-state index is 2.36. The molecule has 1 atom stereocenters. The fourth-order valence-corrected chi connectivity index (χ4v) is 2.47. The van der Waals surface area contributed by atoms with Crippen LogP contribution in [0, 0.1) is 11.8 Å². The van der Waals surface area contributed by atoms with Gasteiger partial charge in [0.15, 0.2) is 0 Å². The van der Waals surface area contributed by atoms with Gasteiger partial charge in [0.25, 0.3) is 0 Å². The molecule has 0 aromatic heterocycles. The van der Waals surface area contributed by atoms with E-state index in [0.29, 0.717) is 5.92 Å². The van der Waals surface area contributed by atoms with Crippen molar-refractivity contribution in [2.24, 2.45) is 11.8 Å². The Balaban J connectivity index is 2.85. The van der Waals surface area contributed by atoms with Crippen LogP contribution < -0.4 is 0 Å². The van der Waals surface area contributed by atoms with Crippen LogP contribution in [0.2, 0.25) is 0 Å². The zero-order valence-electron chi connectivity index (χ0n) is 11.5. The SMILES string of the molecule is CC(C)Cc1ccccc1C(C)CC(C)C. The van der Waals surface area contributed by atoms with Crippen LogP contribution in [-0.4, -0.2) is 0 Å². The molecule has 0 aliphatic carbocycles. The standard InChI is InChI=1S/C16H26/c1-12(2)10-14(5)16-9-7-6-8-15(16)11-13(3)4/h6-9,12-14H,10-11H2,1-5H3. The van der Waals surface area contributed by atoms with Crippen LogP contribution >= 0.6 is 0 Å². The average Bonchev–Trinajstić information content (AvgIpc) is 2.16. The Hall–Kier alpha value is -0.780. The molecule has 0 amide bonds. The normalized spacial score (nSPS) is 13.4. The summed E-state index contributed by atoms with van der Waals surface area (Å²) in [6.45, 7) is 11.6. The number of rotatable bonds is 5. The lowest BCUT2D eigenvalue weighted by atomic mass is 9.86. The minimum atomic E-state index is 0.690. The van der Waals surface area contributed by atoms with Gasteiger partial charge in [0.05, 0.1) is 0 Å². The van der Waals surface area contributed by atoms with Gasteiger partial charge in [-0.2, -0.15) is 0 Å². The van der Waals surface area contributed by atoms with Gasteiger partial charge >= 0.3 is 0 Å². The Morgan fingerprint density at radius 3 is 2.06 bits per heavy atom. The van der Waals surface area contributed by atoms with Gasteiger partial charge in [0.1, 0.15) is 0 Å². The van der Waals surface area contributed by atoms with Crippen LogP contribution in [0.1, 0.15) is 58.1 Å². The second-order valence-electron chi connectivity index (χ2n) is 5.83. The summed E-state index contributed by atoms with van der Waals surface area (Å²) in [7, 11) is 0. The van der Waals surface area contributed by atoms with Crippen LogP contribution in [0.5, 0.6) is 0 Å². The molecule has 1 unspecified atom stereocenters.